The number of hydrogen-bond acceptors (Lipinski definition) is 1. The third-order valence-corrected chi connectivity index (χ3v) is 6.16. The van der Waals surface area contributed by atoms with Gasteiger partial charge in [-0.1, -0.05) is 33.6 Å². The summed E-state index contributed by atoms with van der Waals surface area (Å²) in [4.78, 5) is 0.813. The zero-order valence-electron chi connectivity index (χ0n) is 8.81. The predicted octanol–water partition coefficient (Wildman–Crippen LogP) is 6.10. The summed E-state index contributed by atoms with van der Waals surface area (Å²) in [5.74, 6) is -0.290. The molecule has 0 fully saturated rings. The predicted molar refractivity (Wildman–Crippen MR) is 78.9 cm³/mol. The summed E-state index contributed by atoms with van der Waals surface area (Å²) in [6.45, 7) is 2.01. The standard InChI is InChI=1S/C12H8Br2ClFS/c1-6-5-9(17-12(6)14)11(13)10-7(15)3-2-4-8(10)16/h2-5,11H,1H3. The highest BCUT2D eigenvalue weighted by atomic mass is 79.9. The van der Waals surface area contributed by atoms with Crippen LogP contribution in [0.5, 0.6) is 0 Å². The topological polar surface area (TPSA) is 0 Å². The summed E-state index contributed by atoms with van der Waals surface area (Å²) in [5.41, 5.74) is 1.63. The minimum atomic E-state index is -0.290. The van der Waals surface area contributed by atoms with Gasteiger partial charge in [0.05, 0.1) is 8.61 Å². The fourth-order valence-corrected chi connectivity index (χ4v) is 4.34. The zero-order chi connectivity index (χ0) is 12.6. The van der Waals surface area contributed by atoms with E-state index in [0.717, 1.165) is 14.2 Å². The first-order chi connectivity index (χ1) is 8.00. The third kappa shape index (κ3) is 2.75. The van der Waals surface area contributed by atoms with Crippen LogP contribution in [0.15, 0.2) is 28.1 Å². The molecule has 1 aromatic carbocycles. The Morgan fingerprint density at radius 1 is 1.41 bits per heavy atom. The van der Waals surface area contributed by atoms with Crippen molar-refractivity contribution in [2.45, 2.75) is 11.8 Å². The van der Waals surface area contributed by atoms with Gasteiger partial charge < -0.3 is 0 Å². The lowest BCUT2D eigenvalue weighted by atomic mass is 10.1. The number of aryl methyl sites for hydroxylation is 1. The van der Waals surface area contributed by atoms with Crippen molar-refractivity contribution in [3.8, 4) is 0 Å². The van der Waals surface area contributed by atoms with E-state index in [-0.39, 0.29) is 10.6 Å². The molecule has 2 aromatic rings. The fraction of sp³-hybridized carbons (Fsp3) is 0.167. The third-order valence-electron chi connectivity index (χ3n) is 2.38. The van der Waals surface area contributed by atoms with Crippen LogP contribution in [0.4, 0.5) is 4.39 Å². The number of alkyl halides is 1. The molecule has 1 aromatic heterocycles. The molecule has 0 radical (unpaired) electrons. The van der Waals surface area contributed by atoms with E-state index in [4.69, 9.17) is 11.6 Å². The molecule has 0 saturated heterocycles. The Bertz CT molecular complexity index is 514. The molecule has 0 aliphatic rings. The van der Waals surface area contributed by atoms with Gasteiger partial charge in [0.1, 0.15) is 5.82 Å². The second-order valence-electron chi connectivity index (χ2n) is 3.60. The van der Waals surface area contributed by atoms with Gasteiger partial charge in [0, 0.05) is 15.5 Å². The van der Waals surface area contributed by atoms with Gasteiger partial charge in [0.15, 0.2) is 0 Å². The Hall–Kier alpha value is 0.100. The summed E-state index contributed by atoms with van der Waals surface area (Å²) >= 11 is 14.6. The second kappa shape index (κ2) is 5.39. The van der Waals surface area contributed by atoms with Crippen LogP contribution in [0.2, 0.25) is 5.02 Å². The number of thiophene rings is 1. The van der Waals surface area contributed by atoms with E-state index in [1.54, 1.807) is 23.5 Å². The molecular formula is C12H8Br2ClFS. The molecule has 0 bridgehead atoms. The molecule has 1 unspecified atom stereocenters. The highest BCUT2D eigenvalue weighted by Crippen LogP contribution is 2.42. The van der Waals surface area contributed by atoms with Crippen molar-refractivity contribution in [1.29, 1.82) is 0 Å². The lowest BCUT2D eigenvalue weighted by Gasteiger charge is -2.11. The van der Waals surface area contributed by atoms with E-state index >= 15 is 0 Å². The highest BCUT2D eigenvalue weighted by molar-refractivity contribution is 9.11. The Kier molecular flexibility index (Phi) is 4.29. The molecule has 2 rings (SSSR count). The second-order valence-corrected chi connectivity index (χ2v) is 7.33. The van der Waals surface area contributed by atoms with E-state index in [1.165, 1.54) is 6.07 Å². The Morgan fingerprint density at radius 3 is 2.65 bits per heavy atom. The van der Waals surface area contributed by atoms with E-state index < -0.39 is 0 Å². The van der Waals surface area contributed by atoms with Crippen molar-refractivity contribution in [2.75, 3.05) is 0 Å². The summed E-state index contributed by atoms with van der Waals surface area (Å²) in [6.07, 6.45) is 0. The molecule has 0 aliphatic heterocycles. The molecule has 17 heavy (non-hydrogen) atoms. The van der Waals surface area contributed by atoms with Gasteiger partial charge in [0.25, 0.3) is 0 Å². The quantitative estimate of drug-likeness (QED) is 0.537. The van der Waals surface area contributed by atoms with Gasteiger partial charge >= 0.3 is 0 Å². The SMILES string of the molecule is Cc1cc(C(Br)c2c(F)cccc2Cl)sc1Br. The minimum Gasteiger partial charge on any atom is -0.207 e. The number of halogens is 4. The summed E-state index contributed by atoms with van der Waals surface area (Å²) in [6, 6.07) is 6.75. The van der Waals surface area contributed by atoms with Crippen molar-refractivity contribution >= 4 is 54.8 Å². The summed E-state index contributed by atoms with van der Waals surface area (Å²) in [7, 11) is 0. The van der Waals surface area contributed by atoms with Crippen molar-refractivity contribution < 1.29 is 4.39 Å². The molecule has 0 aliphatic carbocycles. The molecule has 5 heteroatoms. The van der Waals surface area contributed by atoms with Crippen LogP contribution in [0.3, 0.4) is 0 Å². The van der Waals surface area contributed by atoms with Gasteiger partial charge in [-0.15, -0.1) is 11.3 Å². The number of benzene rings is 1. The molecule has 0 saturated carbocycles. The van der Waals surface area contributed by atoms with Crippen LogP contribution in [0.25, 0.3) is 0 Å². The smallest absolute Gasteiger partial charge is 0.129 e. The molecule has 0 nitrogen and oxygen atoms in total. The average molecular weight is 399 g/mol. The highest BCUT2D eigenvalue weighted by Gasteiger charge is 2.20. The Labute approximate surface area is 125 Å². The van der Waals surface area contributed by atoms with E-state index in [0.29, 0.717) is 10.6 Å². The van der Waals surface area contributed by atoms with Crippen LogP contribution in [-0.4, -0.2) is 0 Å². The first-order valence-corrected chi connectivity index (χ1v) is 7.75. The van der Waals surface area contributed by atoms with Crippen LogP contribution >= 0.6 is 54.8 Å². The molecule has 1 heterocycles. The van der Waals surface area contributed by atoms with Gasteiger partial charge in [-0.05, 0) is 46.6 Å². The summed E-state index contributed by atoms with van der Waals surface area (Å²) < 4.78 is 14.8. The van der Waals surface area contributed by atoms with Crippen molar-refractivity contribution in [1.82, 2.24) is 0 Å². The first-order valence-electron chi connectivity index (χ1n) is 4.84. The van der Waals surface area contributed by atoms with Crippen molar-refractivity contribution in [3.05, 3.63) is 54.9 Å². The molecule has 0 amide bonds. The Balaban J connectivity index is 2.47. The largest absolute Gasteiger partial charge is 0.207 e. The molecular weight excluding hydrogens is 390 g/mol. The maximum atomic E-state index is 13.8. The lowest BCUT2D eigenvalue weighted by molar-refractivity contribution is 0.614. The van der Waals surface area contributed by atoms with E-state index in [9.17, 15) is 4.39 Å². The fourth-order valence-electron chi connectivity index (χ4n) is 1.50. The van der Waals surface area contributed by atoms with Gasteiger partial charge in [-0.25, -0.2) is 4.39 Å². The Morgan fingerprint density at radius 2 is 2.12 bits per heavy atom. The molecule has 0 N–H and O–H groups in total. The summed E-state index contributed by atoms with van der Waals surface area (Å²) in [5, 5.41) is 0.439. The van der Waals surface area contributed by atoms with Gasteiger partial charge in [0.2, 0.25) is 0 Å². The monoisotopic (exact) mass is 396 g/mol. The van der Waals surface area contributed by atoms with Crippen LogP contribution in [0, 0.1) is 12.7 Å². The van der Waals surface area contributed by atoms with Crippen LogP contribution < -0.4 is 0 Å². The molecule has 1 atom stereocenters. The van der Waals surface area contributed by atoms with Gasteiger partial charge in [-0.3, -0.25) is 0 Å². The normalized spacial score (nSPS) is 12.8. The van der Waals surface area contributed by atoms with Crippen LogP contribution in [0.1, 0.15) is 20.8 Å². The van der Waals surface area contributed by atoms with Crippen molar-refractivity contribution in [3.63, 3.8) is 0 Å². The number of hydrogen-bond donors (Lipinski definition) is 0. The van der Waals surface area contributed by atoms with Crippen molar-refractivity contribution in [2.24, 2.45) is 0 Å². The number of rotatable bonds is 2. The maximum absolute atomic E-state index is 13.8. The van der Waals surface area contributed by atoms with E-state index in [1.807, 2.05) is 13.0 Å². The lowest BCUT2D eigenvalue weighted by Crippen LogP contribution is -1.95. The van der Waals surface area contributed by atoms with Crippen LogP contribution in [-0.2, 0) is 0 Å². The zero-order valence-corrected chi connectivity index (χ0v) is 13.6. The maximum Gasteiger partial charge on any atom is 0.129 e. The van der Waals surface area contributed by atoms with Gasteiger partial charge in [-0.2, -0.15) is 0 Å². The minimum absolute atomic E-state index is 0.216. The molecule has 90 valence electrons. The first kappa shape index (κ1) is 13.5. The average Bonchev–Trinajstić information content (AvgIpc) is 2.59. The molecule has 0 spiro atoms. The van der Waals surface area contributed by atoms with E-state index in [2.05, 4.69) is 31.9 Å².